The minimum Gasteiger partial charge on any atom is -0.480 e. The van der Waals surface area contributed by atoms with Crippen molar-refractivity contribution in [3.05, 3.63) is 23.9 Å². The van der Waals surface area contributed by atoms with E-state index in [0.717, 1.165) is 0 Å². The van der Waals surface area contributed by atoms with Gasteiger partial charge in [-0.3, -0.25) is 10.2 Å². The van der Waals surface area contributed by atoms with E-state index in [-0.39, 0.29) is 12.3 Å². The maximum atomic E-state index is 10.4. The summed E-state index contributed by atoms with van der Waals surface area (Å²) in [5.74, 6) is -0.643. The van der Waals surface area contributed by atoms with E-state index < -0.39 is 12.1 Å². The van der Waals surface area contributed by atoms with Gasteiger partial charge in [0.25, 0.3) is 0 Å². The molecule has 0 aliphatic rings. The second kappa shape index (κ2) is 5.22. The molecule has 1 unspecified atom stereocenters. The lowest BCUT2D eigenvalue weighted by Gasteiger charge is -2.08. The molecule has 5 N–H and O–H groups in total. The van der Waals surface area contributed by atoms with Gasteiger partial charge in [-0.2, -0.15) is 0 Å². The van der Waals surface area contributed by atoms with E-state index in [1.54, 1.807) is 12.1 Å². The Morgan fingerprint density at radius 1 is 1.69 bits per heavy atom. The Bertz CT molecular complexity index is 404. The molecule has 0 aromatic carbocycles. The number of hydrogen-bond acceptors (Lipinski definition) is 4. The number of hydrogen-bond donors (Lipinski definition) is 4. The Hall–Kier alpha value is -1.95. The maximum Gasteiger partial charge on any atom is 0.322 e. The molecule has 0 saturated carbocycles. The van der Waals surface area contributed by atoms with E-state index >= 15 is 0 Å². The van der Waals surface area contributed by atoms with Gasteiger partial charge in [0.2, 0.25) is 5.71 Å². The maximum absolute atomic E-state index is 10.4. The van der Waals surface area contributed by atoms with Gasteiger partial charge in [0.1, 0.15) is 18.5 Å². The number of aliphatic hydroxyl groups is 1. The van der Waals surface area contributed by atoms with Gasteiger partial charge in [-0.25, -0.2) is 4.98 Å². The van der Waals surface area contributed by atoms with Gasteiger partial charge in [-0.15, -0.1) is 0 Å². The average Bonchev–Trinajstić information content (AvgIpc) is 2.25. The van der Waals surface area contributed by atoms with Gasteiger partial charge in [0.15, 0.2) is 0 Å². The molecule has 16 heavy (non-hydrogen) atoms. The standard InChI is InChI=1S/C10H13N3O3/c1-6(14)9(11)7-3-2-4-12-10(7)13-5-8(15)16/h2-4,6,11,14H,5H2,1H3,(H,12,13)(H,15,16)/p+1. The van der Waals surface area contributed by atoms with Crippen LogP contribution < -0.4 is 10.7 Å². The molecule has 6 nitrogen and oxygen atoms in total. The molecular weight excluding hydrogens is 210 g/mol. The summed E-state index contributed by atoms with van der Waals surface area (Å²) < 4.78 is 0. The van der Waals surface area contributed by atoms with Crippen LogP contribution >= 0.6 is 0 Å². The molecule has 1 rings (SSSR count). The normalized spacial score (nSPS) is 11.9. The predicted molar refractivity (Wildman–Crippen MR) is 58.1 cm³/mol. The van der Waals surface area contributed by atoms with Crippen LogP contribution in [0.3, 0.4) is 0 Å². The zero-order chi connectivity index (χ0) is 12.1. The molecule has 0 bridgehead atoms. The number of carboxylic acid groups (broad SMARTS) is 1. The van der Waals surface area contributed by atoms with Crippen molar-refractivity contribution in [2.24, 2.45) is 0 Å². The summed E-state index contributed by atoms with van der Waals surface area (Å²) in [6, 6.07) is 3.33. The number of carbonyl (C=O) groups is 1. The first-order chi connectivity index (χ1) is 7.52. The quantitative estimate of drug-likeness (QED) is 0.456. The summed E-state index contributed by atoms with van der Waals surface area (Å²) in [5.41, 5.74) is 0.764. The highest BCUT2D eigenvalue weighted by atomic mass is 16.4. The monoisotopic (exact) mass is 224 g/mol. The number of carboxylic acids is 1. The Morgan fingerprint density at radius 2 is 2.38 bits per heavy atom. The molecular formula is C10H14N3O3+. The SMILES string of the molecule is CC(O)C(=[NH2+])c1cccnc1NCC(=O)O. The van der Waals surface area contributed by atoms with Crippen LogP contribution in [0, 0.1) is 0 Å². The van der Waals surface area contributed by atoms with Crippen LogP contribution in [-0.2, 0) is 4.79 Å². The van der Waals surface area contributed by atoms with Crippen molar-refractivity contribution in [1.82, 2.24) is 4.98 Å². The molecule has 1 heterocycles. The van der Waals surface area contributed by atoms with Gasteiger partial charge >= 0.3 is 5.97 Å². The largest absolute Gasteiger partial charge is 0.480 e. The fraction of sp³-hybridized carbons (Fsp3) is 0.300. The number of anilines is 1. The van der Waals surface area contributed by atoms with E-state index in [0.29, 0.717) is 11.4 Å². The summed E-state index contributed by atoms with van der Waals surface area (Å²) in [5, 5.41) is 26.2. The molecule has 0 spiro atoms. The summed E-state index contributed by atoms with van der Waals surface area (Å²) in [6.07, 6.45) is 0.706. The van der Waals surface area contributed by atoms with E-state index in [9.17, 15) is 9.90 Å². The van der Waals surface area contributed by atoms with Crippen molar-refractivity contribution in [1.29, 1.82) is 0 Å². The average molecular weight is 224 g/mol. The Kier molecular flexibility index (Phi) is 3.96. The zero-order valence-electron chi connectivity index (χ0n) is 8.84. The number of rotatable bonds is 5. The number of pyridine rings is 1. The van der Waals surface area contributed by atoms with Gasteiger partial charge in [0, 0.05) is 6.20 Å². The highest BCUT2D eigenvalue weighted by molar-refractivity contribution is 6.02. The lowest BCUT2D eigenvalue weighted by molar-refractivity contribution is -0.135. The van der Waals surface area contributed by atoms with Gasteiger partial charge in [0.05, 0.1) is 5.56 Å². The molecule has 1 aromatic heterocycles. The first-order valence-electron chi connectivity index (χ1n) is 4.73. The highest BCUT2D eigenvalue weighted by Crippen LogP contribution is 2.12. The number of nitrogens with two attached hydrogens (primary N) is 1. The third-order valence-electron chi connectivity index (χ3n) is 1.98. The van der Waals surface area contributed by atoms with Crippen molar-refractivity contribution >= 4 is 17.5 Å². The van der Waals surface area contributed by atoms with Crippen molar-refractivity contribution in [3.63, 3.8) is 0 Å². The third kappa shape index (κ3) is 3.03. The van der Waals surface area contributed by atoms with E-state index in [1.807, 2.05) is 0 Å². The van der Waals surface area contributed by atoms with E-state index in [1.165, 1.54) is 13.1 Å². The second-order valence-electron chi connectivity index (χ2n) is 3.28. The molecule has 0 radical (unpaired) electrons. The lowest BCUT2D eigenvalue weighted by atomic mass is 10.1. The number of nitrogens with one attached hydrogen (secondary N) is 1. The Balaban J connectivity index is 2.91. The van der Waals surface area contributed by atoms with Crippen LogP contribution in [0.25, 0.3) is 0 Å². The van der Waals surface area contributed by atoms with Crippen LogP contribution in [0.5, 0.6) is 0 Å². The number of aliphatic carboxylic acids is 1. The molecule has 0 aliphatic heterocycles. The zero-order valence-corrected chi connectivity index (χ0v) is 8.84. The third-order valence-corrected chi connectivity index (χ3v) is 1.98. The summed E-state index contributed by atoms with van der Waals surface area (Å²) in [7, 11) is 0. The molecule has 1 aromatic rings. The minimum absolute atomic E-state index is 0.251. The molecule has 0 amide bonds. The topological polar surface area (TPSA) is 108 Å². The van der Waals surface area contributed by atoms with Crippen molar-refractivity contribution in [3.8, 4) is 0 Å². The van der Waals surface area contributed by atoms with Crippen molar-refractivity contribution < 1.29 is 20.4 Å². The van der Waals surface area contributed by atoms with E-state index in [2.05, 4.69) is 10.3 Å². The minimum atomic E-state index is -0.993. The molecule has 86 valence electrons. The molecule has 0 fully saturated rings. The molecule has 0 aliphatic carbocycles. The molecule has 1 atom stereocenters. The fourth-order valence-corrected chi connectivity index (χ4v) is 1.16. The van der Waals surface area contributed by atoms with Crippen molar-refractivity contribution in [2.75, 3.05) is 11.9 Å². The first-order valence-corrected chi connectivity index (χ1v) is 4.73. The van der Waals surface area contributed by atoms with Crippen LogP contribution in [0.4, 0.5) is 5.82 Å². The van der Waals surface area contributed by atoms with Gasteiger partial charge in [-0.05, 0) is 19.1 Å². The molecule has 6 heteroatoms. The fourth-order valence-electron chi connectivity index (χ4n) is 1.16. The second-order valence-corrected chi connectivity index (χ2v) is 3.28. The summed E-state index contributed by atoms with van der Waals surface area (Å²) >= 11 is 0. The molecule has 0 saturated heterocycles. The summed E-state index contributed by atoms with van der Waals surface area (Å²) in [4.78, 5) is 14.4. The summed E-state index contributed by atoms with van der Waals surface area (Å²) in [6.45, 7) is 1.28. The van der Waals surface area contributed by atoms with Gasteiger partial charge < -0.3 is 15.5 Å². The van der Waals surface area contributed by atoms with Crippen LogP contribution in [0.2, 0.25) is 0 Å². The Labute approximate surface area is 92.5 Å². The first kappa shape index (κ1) is 12.1. The van der Waals surface area contributed by atoms with Gasteiger partial charge in [-0.1, -0.05) is 0 Å². The van der Waals surface area contributed by atoms with Crippen molar-refractivity contribution in [2.45, 2.75) is 13.0 Å². The number of aliphatic hydroxyl groups excluding tert-OH is 1. The van der Waals surface area contributed by atoms with Crippen LogP contribution in [0.1, 0.15) is 12.5 Å². The van der Waals surface area contributed by atoms with E-state index in [4.69, 9.17) is 10.5 Å². The predicted octanol–water partition coefficient (Wildman–Crippen LogP) is -1.49. The van der Waals surface area contributed by atoms with Crippen LogP contribution in [-0.4, -0.2) is 39.5 Å². The van der Waals surface area contributed by atoms with Crippen LogP contribution in [0.15, 0.2) is 18.3 Å². The highest BCUT2D eigenvalue weighted by Gasteiger charge is 2.18. The Morgan fingerprint density at radius 3 is 2.94 bits per heavy atom. The smallest absolute Gasteiger partial charge is 0.322 e. The number of aromatic nitrogens is 1. The lowest BCUT2D eigenvalue weighted by Crippen LogP contribution is -2.47. The number of nitrogens with zero attached hydrogens (tertiary/aromatic N) is 1.